The molecule has 1 N–H and O–H groups in total. The number of aliphatic hydroxyl groups is 1. The maximum Gasteiger partial charge on any atom is 0.155 e. The molecule has 0 saturated heterocycles. The molecular formula is C16H18O2. The summed E-state index contributed by atoms with van der Waals surface area (Å²) in [5.74, 6) is 0.190. The van der Waals surface area contributed by atoms with Gasteiger partial charge in [-0.05, 0) is 30.9 Å². The van der Waals surface area contributed by atoms with E-state index in [4.69, 9.17) is 0 Å². The van der Waals surface area contributed by atoms with Gasteiger partial charge in [-0.1, -0.05) is 48.1 Å². The molecule has 0 radical (unpaired) electrons. The lowest BCUT2D eigenvalue weighted by atomic mass is 9.94. The third-order valence-electron chi connectivity index (χ3n) is 3.07. The Hall–Kier alpha value is -1.67. The van der Waals surface area contributed by atoms with E-state index in [1.54, 1.807) is 12.2 Å². The number of allylic oxidation sites excluding steroid dienone is 1. The minimum absolute atomic E-state index is 0.190. The molecule has 2 rings (SSSR count). The van der Waals surface area contributed by atoms with E-state index in [0.717, 1.165) is 24.0 Å². The zero-order valence-electron chi connectivity index (χ0n) is 10.4. The van der Waals surface area contributed by atoms with Gasteiger partial charge in [-0.15, -0.1) is 0 Å². The first kappa shape index (κ1) is 12.8. The van der Waals surface area contributed by atoms with Crippen LogP contribution < -0.4 is 0 Å². The van der Waals surface area contributed by atoms with Gasteiger partial charge < -0.3 is 5.11 Å². The number of aliphatic hydroxyl groups excluding tert-OH is 1. The first-order chi connectivity index (χ1) is 8.74. The van der Waals surface area contributed by atoms with Crippen LogP contribution in [0.3, 0.4) is 0 Å². The van der Waals surface area contributed by atoms with E-state index in [2.05, 4.69) is 0 Å². The fourth-order valence-electron chi connectivity index (χ4n) is 2.15. The number of rotatable bonds is 4. The van der Waals surface area contributed by atoms with E-state index >= 15 is 0 Å². The summed E-state index contributed by atoms with van der Waals surface area (Å²) in [7, 11) is 0. The van der Waals surface area contributed by atoms with Crippen molar-refractivity contribution < 1.29 is 9.90 Å². The summed E-state index contributed by atoms with van der Waals surface area (Å²) < 4.78 is 0. The predicted molar refractivity (Wildman–Crippen MR) is 73.0 cm³/mol. The van der Waals surface area contributed by atoms with Gasteiger partial charge >= 0.3 is 0 Å². The van der Waals surface area contributed by atoms with Crippen LogP contribution in [0.2, 0.25) is 0 Å². The Bertz CT molecular complexity index is 457. The minimum Gasteiger partial charge on any atom is -0.389 e. The molecule has 0 aliphatic heterocycles. The smallest absolute Gasteiger partial charge is 0.155 e. The van der Waals surface area contributed by atoms with Crippen molar-refractivity contribution in [2.75, 3.05) is 0 Å². The van der Waals surface area contributed by atoms with Crippen LogP contribution in [0, 0.1) is 0 Å². The second kappa shape index (κ2) is 6.31. The molecule has 0 bridgehead atoms. The van der Waals surface area contributed by atoms with Crippen LogP contribution in [0.15, 0.2) is 48.1 Å². The number of hydrogen-bond donors (Lipinski definition) is 1. The first-order valence-corrected chi connectivity index (χ1v) is 6.37. The molecule has 18 heavy (non-hydrogen) atoms. The molecule has 0 amide bonds. The van der Waals surface area contributed by atoms with Crippen molar-refractivity contribution in [3.63, 3.8) is 0 Å². The molecule has 0 fully saturated rings. The average molecular weight is 242 g/mol. The SMILES string of the molecule is O=C1C=C(C[C@@H](O)/C=C/c2ccccc2)CCC1. The number of carbonyl (C=O) groups excluding carboxylic acids is 1. The van der Waals surface area contributed by atoms with E-state index in [9.17, 15) is 9.90 Å². The molecule has 1 aliphatic carbocycles. The molecule has 0 saturated carbocycles. The quantitative estimate of drug-likeness (QED) is 0.880. The Labute approximate surface area is 108 Å². The molecule has 94 valence electrons. The predicted octanol–water partition coefficient (Wildman–Crippen LogP) is 3.13. The summed E-state index contributed by atoms with van der Waals surface area (Å²) in [5.41, 5.74) is 2.14. The number of carbonyl (C=O) groups is 1. The van der Waals surface area contributed by atoms with Crippen LogP contribution in [0.4, 0.5) is 0 Å². The monoisotopic (exact) mass is 242 g/mol. The van der Waals surface area contributed by atoms with Crippen molar-refractivity contribution in [1.29, 1.82) is 0 Å². The maximum absolute atomic E-state index is 11.3. The van der Waals surface area contributed by atoms with Gasteiger partial charge in [-0.2, -0.15) is 0 Å². The van der Waals surface area contributed by atoms with Crippen molar-refractivity contribution in [3.8, 4) is 0 Å². The third kappa shape index (κ3) is 3.97. The molecule has 1 aromatic carbocycles. The summed E-state index contributed by atoms with van der Waals surface area (Å²) in [6.45, 7) is 0. The van der Waals surface area contributed by atoms with Gasteiger partial charge in [-0.3, -0.25) is 4.79 Å². The number of ketones is 1. The molecular weight excluding hydrogens is 224 g/mol. The Kier molecular flexibility index (Phi) is 4.48. The van der Waals surface area contributed by atoms with E-state index in [1.807, 2.05) is 36.4 Å². The molecule has 2 nitrogen and oxygen atoms in total. The molecule has 0 heterocycles. The Balaban J connectivity index is 1.91. The van der Waals surface area contributed by atoms with Crippen molar-refractivity contribution in [2.45, 2.75) is 31.8 Å². The number of benzene rings is 1. The lowest BCUT2D eigenvalue weighted by molar-refractivity contribution is -0.115. The molecule has 1 aromatic rings. The van der Waals surface area contributed by atoms with Gasteiger partial charge in [0, 0.05) is 6.42 Å². The highest BCUT2D eigenvalue weighted by molar-refractivity contribution is 5.91. The normalized spacial score (nSPS) is 17.8. The molecule has 1 aliphatic rings. The third-order valence-corrected chi connectivity index (χ3v) is 3.07. The molecule has 1 atom stereocenters. The van der Waals surface area contributed by atoms with E-state index < -0.39 is 6.10 Å². The summed E-state index contributed by atoms with van der Waals surface area (Å²) in [6, 6.07) is 9.88. The summed E-state index contributed by atoms with van der Waals surface area (Å²) in [4.78, 5) is 11.3. The molecule has 0 unspecified atom stereocenters. The molecule has 0 aromatic heterocycles. The zero-order chi connectivity index (χ0) is 12.8. The fraction of sp³-hybridized carbons (Fsp3) is 0.312. The highest BCUT2D eigenvalue weighted by Gasteiger charge is 2.12. The van der Waals surface area contributed by atoms with Crippen LogP contribution in [0.5, 0.6) is 0 Å². The van der Waals surface area contributed by atoms with Crippen LogP contribution in [-0.2, 0) is 4.79 Å². The van der Waals surface area contributed by atoms with Gasteiger partial charge in [0.1, 0.15) is 0 Å². The first-order valence-electron chi connectivity index (χ1n) is 6.37. The standard InChI is InChI=1S/C16H18O2/c17-15-8-4-7-14(11-15)12-16(18)10-9-13-5-2-1-3-6-13/h1-3,5-6,9-11,16,18H,4,7-8,12H2/b10-9+/t16-/m0/s1. The number of hydrogen-bond acceptors (Lipinski definition) is 2. The Morgan fingerprint density at radius 3 is 2.72 bits per heavy atom. The van der Waals surface area contributed by atoms with E-state index in [-0.39, 0.29) is 5.78 Å². The largest absolute Gasteiger partial charge is 0.389 e. The van der Waals surface area contributed by atoms with Crippen molar-refractivity contribution in [1.82, 2.24) is 0 Å². The van der Waals surface area contributed by atoms with Gasteiger partial charge in [0.15, 0.2) is 5.78 Å². The topological polar surface area (TPSA) is 37.3 Å². The Morgan fingerprint density at radius 1 is 1.22 bits per heavy atom. The van der Waals surface area contributed by atoms with Crippen molar-refractivity contribution in [3.05, 3.63) is 53.6 Å². The second-order valence-corrected chi connectivity index (χ2v) is 4.66. The lowest BCUT2D eigenvalue weighted by Gasteiger charge is -2.13. The zero-order valence-corrected chi connectivity index (χ0v) is 10.4. The van der Waals surface area contributed by atoms with Crippen LogP contribution in [0.1, 0.15) is 31.2 Å². The van der Waals surface area contributed by atoms with Gasteiger partial charge in [0.2, 0.25) is 0 Å². The van der Waals surface area contributed by atoms with Gasteiger partial charge in [-0.25, -0.2) is 0 Å². The molecule has 0 spiro atoms. The van der Waals surface area contributed by atoms with Crippen molar-refractivity contribution >= 4 is 11.9 Å². The summed E-state index contributed by atoms with van der Waals surface area (Å²) >= 11 is 0. The van der Waals surface area contributed by atoms with Crippen molar-refractivity contribution in [2.24, 2.45) is 0 Å². The van der Waals surface area contributed by atoms with E-state index in [1.165, 1.54) is 0 Å². The lowest BCUT2D eigenvalue weighted by Crippen LogP contribution is -2.09. The van der Waals surface area contributed by atoms with Crippen LogP contribution in [0.25, 0.3) is 6.08 Å². The van der Waals surface area contributed by atoms with Gasteiger partial charge in [0.05, 0.1) is 6.10 Å². The minimum atomic E-state index is -0.512. The van der Waals surface area contributed by atoms with Crippen LogP contribution in [-0.4, -0.2) is 17.0 Å². The van der Waals surface area contributed by atoms with E-state index in [0.29, 0.717) is 12.8 Å². The summed E-state index contributed by atoms with van der Waals surface area (Å²) in [6.07, 6.45) is 7.95. The summed E-state index contributed by atoms with van der Waals surface area (Å²) in [5, 5.41) is 9.91. The maximum atomic E-state index is 11.3. The fourth-order valence-corrected chi connectivity index (χ4v) is 2.15. The highest BCUT2D eigenvalue weighted by atomic mass is 16.3. The second-order valence-electron chi connectivity index (χ2n) is 4.66. The Morgan fingerprint density at radius 2 is 2.00 bits per heavy atom. The average Bonchev–Trinajstić information content (AvgIpc) is 2.38. The van der Waals surface area contributed by atoms with Gasteiger partial charge in [0.25, 0.3) is 0 Å². The van der Waals surface area contributed by atoms with Crippen LogP contribution >= 0.6 is 0 Å². The highest BCUT2D eigenvalue weighted by Crippen LogP contribution is 2.20. The molecule has 2 heteroatoms.